The highest BCUT2D eigenvalue weighted by molar-refractivity contribution is 5.42. The minimum Gasteiger partial charge on any atom is -0.504 e. The van der Waals surface area contributed by atoms with Crippen molar-refractivity contribution in [2.75, 3.05) is 6.61 Å². The van der Waals surface area contributed by atoms with Gasteiger partial charge < -0.3 is 19.3 Å². The molecule has 0 unspecified atom stereocenters. The van der Waals surface area contributed by atoms with E-state index in [1.165, 1.54) is 0 Å². The van der Waals surface area contributed by atoms with Gasteiger partial charge in [-0.1, -0.05) is 6.07 Å². The highest BCUT2D eigenvalue weighted by atomic mass is 16.7. The molecule has 0 aliphatic carbocycles. The Balaban J connectivity index is 2.23. The first-order valence-electron chi connectivity index (χ1n) is 6.70. The van der Waals surface area contributed by atoms with Crippen molar-refractivity contribution < 1.29 is 19.3 Å². The van der Waals surface area contributed by atoms with Gasteiger partial charge in [-0.25, -0.2) is 0 Å². The summed E-state index contributed by atoms with van der Waals surface area (Å²) < 4.78 is 17.2. The molecule has 4 nitrogen and oxygen atoms in total. The molecule has 1 N–H and O–H groups in total. The smallest absolute Gasteiger partial charge is 0.184 e. The van der Waals surface area contributed by atoms with E-state index in [0.717, 1.165) is 12.0 Å². The molecule has 106 valence electrons. The Kier molecular flexibility index (Phi) is 4.02. The van der Waals surface area contributed by atoms with Crippen LogP contribution < -0.4 is 4.74 Å². The molecular formula is C15H22O4. The van der Waals surface area contributed by atoms with Gasteiger partial charge >= 0.3 is 0 Å². The van der Waals surface area contributed by atoms with Crippen LogP contribution in [-0.2, 0) is 9.47 Å². The van der Waals surface area contributed by atoms with E-state index in [2.05, 4.69) is 13.8 Å². The van der Waals surface area contributed by atoms with E-state index in [0.29, 0.717) is 12.4 Å². The second kappa shape index (κ2) is 5.39. The number of aromatic hydroxyl groups is 1. The van der Waals surface area contributed by atoms with Crippen molar-refractivity contribution in [1.29, 1.82) is 0 Å². The zero-order chi connectivity index (χ0) is 14.0. The summed E-state index contributed by atoms with van der Waals surface area (Å²) >= 11 is 0. The van der Waals surface area contributed by atoms with Gasteiger partial charge in [0.2, 0.25) is 0 Å². The number of phenols is 1. The Hall–Kier alpha value is -1.26. The van der Waals surface area contributed by atoms with Gasteiger partial charge in [0.25, 0.3) is 0 Å². The van der Waals surface area contributed by atoms with Gasteiger partial charge in [0.1, 0.15) is 0 Å². The summed E-state index contributed by atoms with van der Waals surface area (Å²) in [6.07, 6.45) is 0.580. The molecule has 2 rings (SSSR count). The van der Waals surface area contributed by atoms with Crippen LogP contribution in [0.2, 0.25) is 0 Å². The first kappa shape index (κ1) is 14.2. The Morgan fingerprint density at radius 1 is 1.42 bits per heavy atom. The average Bonchev–Trinajstić information content (AvgIpc) is 2.29. The fraction of sp³-hybridized carbons (Fsp3) is 0.600. The van der Waals surface area contributed by atoms with E-state index >= 15 is 0 Å². The fourth-order valence-corrected chi connectivity index (χ4v) is 2.41. The number of hydrogen-bond donors (Lipinski definition) is 1. The van der Waals surface area contributed by atoms with Crippen LogP contribution in [-0.4, -0.2) is 23.4 Å². The normalized spacial score (nSPS) is 26.1. The van der Waals surface area contributed by atoms with Gasteiger partial charge in [0.05, 0.1) is 18.3 Å². The molecule has 0 saturated carbocycles. The van der Waals surface area contributed by atoms with Crippen molar-refractivity contribution in [3.05, 3.63) is 23.8 Å². The predicted octanol–water partition coefficient (Wildman–Crippen LogP) is 3.39. The minimum atomic E-state index is -0.418. The SMILES string of the molecule is CCOc1cc([C@@H]2O[C@H](C)CC(C)(C)O2)ccc1O. The standard InChI is InChI=1S/C15H22O4/c1-5-17-13-8-11(6-7-12(13)16)14-18-10(2)9-15(3,4)19-14/h6-8,10,14,16H,5,9H2,1-4H3/t10-,14-/m1/s1. The van der Waals surface area contributed by atoms with Crippen LogP contribution >= 0.6 is 0 Å². The van der Waals surface area contributed by atoms with Crippen molar-refractivity contribution >= 4 is 0 Å². The van der Waals surface area contributed by atoms with Crippen LogP contribution in [0, 0.1) is 0 Å². The molecule has 1 aromatic rings. The molecule has 0 aromatic heterocycles. The van der Waals surface area contributed by atoms with Crippen LogP contribution in [0.15, 0.2) is 18.2 Å². The van der Waals surface area contributed by atoms with Crippen LogP contribution in [0.5, 0.6) is 11.5 Å². The summed E-state index contributed by atoms with van der Waals surface area (Å²) in [5, 5.41) is 9.71. The quantitative estimate of drug-likeness (QED) is 0.911. The van der Waals surface area contributed by atoms with Crippen LogP contribution in [0.3, 0.4) is 0 Å². The van der Waals surface area contributed by atoms with E-state index in [-0.39, 0.29) is 17.5 Å². The summed E-state index contributed by atoms with van der Waals surface area (Å²) in [6.45, 7) is 8.54. The van der Waals surface area contributed by atoms with E-state index in [1.54, 1.807) is 18.2 Å². The molecule has 2 atom stereocenters. The number of ether oxygens (including phenoxy) is 3. The largest absolute Gasteiger partial charge is 0.504 e. The summed E-state index contributed by atoms with van der Waals surface area (Å²) in [7, 11) is 0. The van der Waals surface area contributed by atoms with Crippen molar-refractivity contribution in [3.8, 4) is 11.5 Å². The molecular weight excluding hydrogens is 244 g/mol. The third-order valence-electron chi connectivity index (χ3n) is 3.12. The second-order valence-corrected chi connectivity index (χ2v) is 5.52. The first-order valence-corrected chi connectivity index (χ1v) is 6.70. The Morgan fingerprint density at radius 3 is 2.79 bits per heavy atom. The third kappa shape index (κ3) is 3.39. The summed E-state index contributed by atoms with van der Waals surface area (Å²) in [6, 6.07) is 5.19. The van der Waals surface area contributed by atoms with Gasteiger partial charge in [0.15, 0.2) is 17.8 Å². The lowest BCUT2D eigenvalue weighted by atomic mass is 9.99. The monoisotopic (exact) mass is 266 g/mol. The highest BCUT2D eigenvalue weighted by Gasteiger charge is 2.34. The van der Waals surface area contributed by atoms with E-state index in [1.807, 2.05) is 13.8 Å². The maximum Gasteiger partial charge on any atom is 0.184 e. The third-order valence-corrected chi connectivity index (χ3v) is 3.12. The molecule has 19 heavy (non-hydrogen) atoms. The lowest BCUT2D eigenvalue weighted by Gasteiger charge is -2.39. The maximum atomic E-state index is 9.71. The van der Waals surface area contributed by atoms with Crippen molar-refractivity contribution in [3.63, 3.8) is 0 Å². The second-order valence-electron chi connectivity index (χ2n) is 5.52. The Labute approximate surface area is 114 Å². The molecule has 1 fully saturated rings. The van der Waals surface area contributed by atoms with Gasteiger partial charge in [-0.3, -0.25) is 0 Å². The van der Waals surface area contributed by atoms with E-state index in [9.17, 15) is 5.11 Å². The van der Waals surface area contributed by atoms with Crippen molar-refractivity contribution in [2.45, 2.75) is 52.1 Å². The minimum absolute atomic E-state index is 0.133. The number of benzene rings is 1. The molecule has 4 heteroatoms. The summed E-state index contributed by atoms with van der Waals surface area (Å²) in [5.74, 6) is 0.594. The number of rotatable bonds is 3. The van der Waals surface area contributed by atoms with Gasteiger partial charge in [0, 0.05) is 12.0 Å². The number of hydrogen-bond acceptors (Lipinski definition) is 4. The molecule has 1 aromatic carbocycles. The lowest BCUT2D eigenvalue weighted by Crippen LogP contribution is -2.38. The van der Waals surface area contributed by atoms with Crippen LogP contribution in [0.25, 0.3) is 0 Å². The molecule has 0 radical (unpaired) electrons. The Morgan fingerprint density at radius 2 is 2.16 bits per heavy atom. The zero-order valence-corrected chi connectivity index (χ0v) is 12.0. The first-order chi connectivity index (χ1) is 8.91. The predicted molar refractivity (Wildman–Crippen MR) is 72.3 cm³/mol. The fourth-order valence-electron chi connectivity index (χ4n) is 2.41. The van der Waals surface area contributed by atoms with Crippen LogP contribution in [0.1, 0.15) is 46.0 Å². The zero-order valence-electron chi connectivity index (χ0n) is 12.0. The molecule has 0 bridgehead atoms. The topological polar surface area (TPSA) is 47.9 Å². The van der Waals surface area contributed by atoms with Crippen molar-refractivity contribution in [1.82, 2.24) is 0 Å². The molecule has 1 heterocycles. The van der Waals surface area contributed by atoms with Gasteiger partial charge in [-0.05, 0) is 39.8 Å². The Bertz CT molecular complexity index is 442. The summed E-state index contributed by atoms with van der Waals surface area (Å²) in [5.41, 5.74) is 0.646. The molecule has 1 aliphatic rings. The van der Waals surface area contributed by atoms with Crippen molar-refractivity contribution in [2.24, 2.45) is 0 Å². The summed E-state index contributed by atoms with van der Waals surface area (Å²) in [4.78, 5) is 0. The van der Waals surface area contributed by atoms with E-state index < -0.39 is 6.29 Å². The highest BCUT2D eigenvalue weighted by Crippen LogP contribution is 2.38. The van der Waals surface area contributed by atoms with E-state index in [4.69, 9.17) is 14.2 Å². The van der Waals surface area contributed by atoms with Gasteiger partial charge in [-0.15, -0.1) is 0 Å². The maximum absolute atomic E-state index is 9.71. The number of phenolic OH excluding ortho intramolecular Hbond substituents is 1. The molecule has 0 spiro atoms. The molecule has 1 saturated heterocycles. The van der Waals surface area contributed by atoms with Crippen LogP contribution in [0.4, 0.5) is 0 Å². The molecule has 1 aliphatic heterocycles. The molecule has 0 amide bonds. The lowest BCUT2D eigenvalue weighted by molar-refractivity contribution is -0.273. The van der Waals surface area contributed by atoms with Gasteiger partial charge in [-0.2, -0.15) is 0 Å². The average molecular weight is 266 g/mol.